The Hall–Kier alpha value is -0.960. The number of hydrogen-bond acceptors (Lipinski definition) is 5. The Labute approximate surface area is 120 Å². The predicted molar refractivity (Wildman–Crippen MR) is 77.0 cm³/mol. The quantitative estimate of drug-likeness (QED) is 0.713. The van der Waals surface area contributed by atoms with E-state index in [0.717, 1.165) is 26.2 Å². The number of piperazine rings is 1. The topological polar surface area (TPSA) is 70.5 Å². The molecule has 1 aromatic heterocycles. The number of rotatable bonds is 6. The van der Waals surface area contributed by atoms with Crippen molar-refractivity contribution in [1.82, 2.24) is 24.3 Å². The zero-order valence-corrected chi connectivity index (χ0v) is 12.9. The third-order valence-electron chi connectivity index (χ3n) is 3.48. The summed E-state index contributed by atoms with van der Waals surface area (Å²) in [5, 5.41) is 7.31. The maximum absolute atomic E-state index is 12.5. The molecule has 1 N–H and O–H groups in total. The van der Waals surface area contributed by atoms with Gasteiger partial charge in [-0.05, 0) is 13.6 Å². The van der Waals surface area contributed by atoms with Gasteiger partial charge in [-0.1, -0.05) is 6.92 Å². The highest BCUT2D eigenvalue weighted by Gasteiger charge is 2.28. The summed E-state index contributed by atoms with van der Waals surface area (Å²) < 4.78 is 28.2. The zero-order valence-electron chi connectivity index (χ0n) is 12.1. The number of aromatic nitrogens is 2. The van der Waals surface area contributed by atoms with Gasteiger partial charge in [0.1, 0.15) is 4.90 Å². The van der Waals surface area contributed by atoms with Crippen molar-refractivity contribution in [3.8, 4) is 0 Å². The van der Waals surface area contributed by atoms with E-state index in [0.29, 0.717) is 24.5 Å². The van der Waals surface area contributed by atoms with Crippen LogP contribution in [0.1, 0.15) is 6.92 Å². The predicted octanol–water partition coefficient (Wildman–Crippen LogP) is -0.571. The summed E-state index contributed by atoms with van der Waals surface area (Å²) in [6.07, 6.45) is 3.06. The van der Waals surface area contributed by atoms with Gasteiger partial charge >= 0.3 is 0 Å². The summed E-state index contributed by atoms with van der Waals surface area (Å²) in [4.78, 5) is 2.42. The first-order valence-corrected chi connectivity index (χ1v) is 8.40. The maximum atomic E-state index is 12.5. The summed E-state index contributed by atoms with van der Waals surface area (Å²) in [6, 6.07) is 0. The molecule has 0 bridgehead atoms. The first-order valence-electron chi connectivity index (χ1n) is 6.96. The zero-order chi connectivity index (χ0) is 14.6. The normalized spacial score (nSPS) is 18.5. The number of sulfonamides is 1. The van der Waals surface area contributed by atoms with Crippen molar-refractivity contribution >= 4 is 10.0 Å². The van der Waals surface area contributed by atoms with Gasteiger partial charge in [-0.15, -0.1) is 0 Å². The second-order valence-electron chi connectivity index (χ2n) is 5.00. The number of likely N-dealkylation sites (N-methyl/N-ethyl adjacent to an activating group) is 2. The van der Waals surface area contributed by atoms with Gasteiger partial charge in [-0.2, -0.15) is 9.40 Å². The molecule has 1 aromatic rings. The fraction of sp³-hybridized carbons (Fsp3) is 0.750. The van der Waals surface area contributed by atoms with Gasteiger partial charge in [-0.3, -0.25) is 4.68 Å². The SMILES string of the molecule is CCNCCn1cc(S(=O)(=O)N2CCN(C)CC2)cn1. The van der Waals surface area contributed by atoms with Crippen LogP contribution in [0.2, 0.25) is 0 Å². The van der Waals surface area contributed by atoms with Crippen molar-refractivity contribution in [3.63, 3.8) is 0 Å². The van der Waals surface area contributed by atoms with Crippen LogP contribution in [0, 0.1) is 0 Å². The highest BCUT2D eigenvalue weighted by molar-refractivity contribution is 7.89. The lowest BCUT2D eigenvalue weighted by molar-refractivity contribution is 0.222. The Bertz CT molecular complexity index is 520. The van der Waals surface area contributed by atoms with Gasteiger partial charge in [0.2, 0.25) is 10.0 Å². The molecule has 0 unspecified atom stereocenters. The van der Waals surface area contributed by atoms with E-state index < -0.39 is 10.0 Å². The Kier molecular flexibility index (Phi) is 5.14. The van der Waals surface area contributed by atoms with E-state index in [-0.39, 0.29) is 0 Å². The van der Waals surface area contributed by atoms with Gasteiger partial charge in [0, 0.05) is 38.9 Å². The lowest BCUT2D eigenvalue weighted by Gasteiger charge is -2.31. The molecule has 2 heterocycles. The lowest BCUT2D eigenvalue weighted by atomic mass is 10.4. The first-order chi connectivity index (χ1) is 9.54. The van der Waals surface area contributed by atoms with Gasteiger partial charge in [0.05, 0.1) is 12.7 Å². The molecule has 1 aliphatic rings. The van der Waals surface area contributed by atoms with Crippen LogP contribution < -0.4 is 5.32 Å². The monoisotopic (exact) mass is 301 g/mol. The molecular formula is C12H23N5O2S. The molecule has 20 heavy (non-hydrogen) atoms. The molecule has 1 saturated heterocycles. The van der Waals surface area contributed by atoms with Crippen LogP contribution in [-0.4, -0.2) is 73.7 Å². The van der Waals surface area contributed by atoms with Gasteiger partial charge in [-0.25, -0.2) is 8.42 Å². The molecule has 0 amide bonds. The van der Waals surface area contributed by atoms with E-state index in [9.17, 15) is 8.42 Å². The average Bonchev–Trinajstić information content (AvgIpc) is 2.89. The van der Waals surface area contributed by atoms with Crippen LogP contribution >= 0.6 is 0 Å². The molecule has 1 aliphatic heterocycles. The lowest BCUT2D eigenvalue weighted by Crippen LogP contribution is -2.46. The fourth-order valence-corrected chi connectivity index (χ4v) is 3.53. The molecular weight excluding hydrogens is 278 g/mol. The standard InChI is InChI=1S/C12H23N5O2S/c1-3-13-4-5-16-11-12(10-14-16)20(18,19)17-8-6-15(2)7-9-17/h10-11,13H,3-9H2,1-2H3. The largest absolute Gasteiger partial charge is 0.315 e. The van der Waals surface area contributed by atoms with Crippen LogP contribution in [0.3, 0.4) is 0 Å². The van der Waals surface area contributed by atoms with E-state index in [2.05, 4.69) is 15.3 Å². The van der Waals surface area contributed by atoms with Crippen molar-refractivity contribution in [2.75, 3.05) is 46.3 Å². The summed E-state index contributed by atoms with van der Waals surface area (Å²) in [6.45, 7) is 7.02. The summed E-state index contributed by atoms with van der Waals surface area (Å²) in [5.41, 5.74) is 0. The third-order valence-corrected chi connectivity index (χ3v) is 5.33. The molecule has 7 nitrogen and oxygen atoms in total. The van der Waals surface area contributed by atoms with Gasteiger partial charge < -0.3 is 10.2 Å². The van der Waals surface area contributed by atoms with E-state index in [4.69, 9.17) is 0 Å². The summed E-state index contributed by atoms with van der Waals surface area (Å²) in [5.74, 6) is 0. The molecule has 114 valence electrons. The molecule has 0 aromatic carbocycles. The number of nitrogens with zero attached hydrogens (tertiary/aromatic N) is 4. The van der Waals surface area contributed by atoms with Crippen molar-refractivity contribution in [1.29, 1.82) is 0 Å². The van der Waals surface area contributed by atoms with Crippen molar-refractivity contribution in [3.05, 3.63) is 12.4 Å². The smallest absolute Gasteiger partial charge is 0.246 e. The van der Waals surface area contributed by atoms with E-state index in [1.165, 1.54) is 6.20 Å². The van der Waals surface area contributed by atoms with Crippen molar-refractivity contribution in [2.45, 2.75) is 18.4 Å². The minimum atomic E-state index is -3.39. The molecule has 2 rings (SSSR count). The minimum Gasteiger partial charge on any atom is -0.315 e. The molecule has 0 aliphatic carbocycles. The molecule has 0 saturated carbocycles. The molecule has 0 atom stereocenters. The van der Waals surface area contributed by atoms with Crippen LogP contribution in [0.15, 0.2) is 17.3 Å². The fourth-order valence-electron chi connectivity index (χ4n) is 2.15. The minimum absolute atomic E-state index is 0.290. The van der Waals surface area contributed by atoms with E-state index >= 15 is 0 Å². The molecule has 0 spiro atoms. The number of nitrogens with one attached hydrogen (secondary N) is 1. The van der Waals surface area contributed by atoms with Crippen LogP contribution in [0.4, 0.5) is 0 Å². The Morgan fingerprint density at radius 3 is 2.65 bits per heavy atom. The van der Waals surface area contributed by atoms with E-state index in [1.807, 2.05) is 14.0 Å². The maximum Gasteiger partial charge on any atom is 0.246 e. The summed E-state index contributed by atoms with van der Waals surface area (Å²) in [7, 11) is -1.39. The van der Waals surface area contributed by atoms with Gasteiger partial charge in [0.25, 0.3) is 0 Å². The Balaban J connectivity index is 2.02. The van der Waals surface area contributed by atoms with Crippen LogP contribution in [0.25, 0.3) is 0 Å². The molecule has 8 heteroatoms. The molecule has 0 radical (unpaired) electrons. The van der Waals surface area contributed by atoms with Crippen molar-refractivity contribution < 1.29 is 8.42 Å². The Morgan fingerprint density at radius 1 is 1.30 bits per heavy atom. The third kappa shape index (κ3) is 3.57. The summed E-state index contributed by atoms with van der Waals surface area (Å²) >= 11 is 0. The van der Waals surface area contributed by atoms with Crippen LogP contribution in [0.5, 0.6) is 0 Å². The first kappa shape index (κ1) is 15.4. The van der Waals surface area contributed by atoms with Crippen molar-refractivity contribution in [2.24, 2.45) is 0 Å². The molecule has 1 fully saturated rings. The van der Waals surface area contributed by atoms with Gasteiger partial charge in [0.15, 0.2) is 0 Å². The second kappa shape index (κ2) is 6.66. The van der Waals surface area contributed by atoms with Crippen LogP contribution in [-0.2, 0) is 16.6 Å². The van der Waals surface area contributed by atoms with E-state index in [1.54, 1.807) is 15.2 Å². The highest BCUT2D eigenvalue weighted by Crippen LogP contribution is 2.16. The number of hydrogen-bond donors (Lipinski definition) is 1. The Morgan fingerprint density at radius 2 is 2.00 bits per heavy atom. The second-order valence-corrected chi connectivity index (χ2v) is 6.94. The highest BCUT2D eigenvalue weighted by atomic mass is 32.2. The average molecular weight is 301 g/mol.